The number of carbonyl (C=O) groups excluding carboxylic acids is 2. The van der Waals surface area contributed by atoms with E-state index in [0.29, 0.717) is 21.8 Å². The number of amides is 2. The molecule has 2 amide bonds. The van der Waals surface area contributed by atoms with Crippen LogP contribution in [0.5, 0.6) is 0 Å². The van der Waals surface area contributed by atoms with Crippen molar-refractivity contribution < 1.29 is 9.59 Å². The number of aromatic nitrogens is 3. The lowest BCUT2D eigenvalue weighted by atomic mass is 9.95. The van der Waals surface area contributed by atoms with Gasteiger partial charge in [0.1, 0.15) is 10.6 Å². The SMILES string of the molecule is NC(=O)c1c(NC(=O)c2cnn3cccnc23)sc2c1CCCC2. The highest BCUT2D eigenvalue weighted by Crippen LogP contribution is 2.38. The van der Waals surface area contributed by atoms with Crippen LogP contribution in [-0.2, 0) is 12.8 Å². The molecular formula is C16H15N5O2S. The lowest BCUT2D eigenvalue weighted by molar-refractivity contribution is 0.100. The summed E-state index contributed by atoms with van der Waals surface area (Å²) in [6, 6.07) is 1.74. The second kappa shape index (κ2) is 5.72. The number of nitrogens with zero attached hydrogens (tertiary/aromatic N) is 3. The normalized spacial score (nSPS) is 13.7. The number of aryl methyl sites for hydroxylation is 1. The van der Waals surface area contributed by atoms with E-state index in [1.807, 2.05) is 0 Å². The zero-order chi connectivity index (χ0) is 16.7. The summed E-state index contributed by atoms with van der Waals surface area (Å²) in [5.41, 5.74) is 7.83. The Balaban J connectivity index is 1.71. The molecule has 0 radical (unpaired) electrons. The van der Waals surface area contributed by atoms with Crippen molar-refractivity contribution in [3.63, 3.8) is 0 Å². The Morgan fingerprint density at radius 3 is 2.96 bits per heavy atom. The first-order valence-corrected chi connectivity index (χ1v) is 8.51. The topological polar surface area (TPSA) is 102 Å². The van der Waals surface area contributed by atoms with E-state index in [1.165, 1.54) is 22.0 Å². The van der Waals surface area contributed by atoms with Crippen LogP contribution in [0.25, 0.3) is 5.65 Å². The quantitative estimate of drug-likeness (QED) is 0.761. The number of rotatable bonds is 3. The first-order valence-electron chi connectivity index (χ1n) is 7.69. The van der Waals surface area contributed by atoms with Crippen LogP contribution in [-0.4, -0.2) is 26.4 Å². The number of carbonyl (C=O) groups is 2. The zero-order valence-corrected chi connectivity index (χ0v) is 13.6. The minimum Gasteiger partial charge on any atom is -0.365 e. The summed E-state index contributed by atoms with van der Waals surface area (Å²) in [7, 11) is 0. The third-order valence-electron chi connectivity index (χ3n) is 4.17. The second-order valence-corrected chi connectivity index (χ2v) is 6.78. The predicted octanol–water partition coefficient (Wildman–Crippen LogP) is 2.02. The minimum absolute atomic E-state index is 0.343. The van der Waals surface area contributed by atoms with Crippen molar-refractivity contribution in [2.24, 2.45) is 5.73 Å². The van der Waals surface area contributed by atoms with Gasteiger partial charge in [-0.3, -0.25) is 9.59 Å². The maximum atomic E-state index is 12.6. The standard InChI is InChI=1S/C16H15N5O2S/c17-13(22)12-9-4-1-2-5-11(9)24-16(12)20-15(23)10-8-19-21-7-3-6-18-14(10)21/h3,6-8H,1-2,4-5H2,(H2,17,22)(H,20,23). The molecule has 0 aromatic carbocycles. The van der Waals surface area contributed by atoms with E-state index in [4.69, 9.17) is 5.73 Å². The van der Waals surface area contributed by atoms with Gasteiger partial charge < -0.3 is 11.1 Å². The van der Waals surface area contributed by atoms with Crippen LogP contribution in [0.4, 0.5) is 5.00 Å². The van der Waals surface area contributed by atoms with Gasteiger partial charge in [-0.15, -0.1) is 11.3 Å². The summed E-state index contributed by atoms with van der Waals surface area (Å²) in [5.74, 6) is -0.840. The number of hydrogen-bond donors (Lipinski definition) is 2. The monoisotopic (exact) mass is 341 g/mol. The molecule has 8 heteroatoms. The molecule has 1 aliphatic rings. The molecule has 0 atom stereocenters. The van der Waals surface area contributed by atoms with Crippen LogP contribution in [0.2, 0.25) is 0 Å². The lowest BCUT2D eigenvalue weighted by Crippen LogP contribution is -2.18. The van der Waals surface area contributed by atoms with E-state index in [0.717, 1.165) is 36.1 Å². The molecule has 122 valence electrons. The van der Waals surface area contributed by atoms with E-state index in [9.17, 15) is 9.59 Å². The Bertz CT molecular complexity index is 959. The van der Waals surface area contributed by atoms with Gasteiger partial charge in [0.05, 0.1) is 11.8 Å². The number of thiophene rings is 1. The molecule has 3 aromatic rings. The van der Waals surface area contributed by atoms with Gasteiger partial charge in [0.25, 0.3) is 11.8 Å². The van der Waals surface area contributed by atoms with E-state index in [2.05, 4.69) is 15.4 Å². The molecule has 4 rings (SSSR count). The van der Waals surface area contributed by atoms with Gasteiger partial charge in [-0.1, -0.05) is 0 Å². The van der Waals surface area contributed by atoms with Crippen molar-refractivity contribution in [2.75, 3.05) is 5.32 Å². The van der Waals surface area contributed by atoms with Gasteiger partial charge >= 0.3 is 0 Å². The Labute approximate surface area is 141 Å². The average molecular weight is 341 g/mol. The van der Waals surface area contributed by atoms with E-state index >= 15 is 0 Å². The summed E-state index contributed by atoms with van der Waals surface area (Å²) < 4.78 is 1.53. The molecule has 0 aliphatic heterocycles. The van der Waals surface area contributed by atoms with Crippen LogP contribution < -0.4 is 11.1 Å². The van der Waals surface area contributed by atoms with Crippen LogP contribution in [0.1, 0.15) is 44.0 Å². The van der Waals surface area contributed by atoms with Crippen molar-refractivity contribution in [1.82, 2.24) is 14.6 Å². The van der Waals surface area contributed by atoms with Crippen molar-refractivity contribution in [3.05, 3.63) is 46.2 Å². The molecule has 3 heterocycles. The van der Waals surface area contributed by atoms with Crippen molar-refractivity contribution in [3.8, 4) is 0 Å². The molecule has 1 aliphatic carbocycles. The summed E-state index contributed by atoms with van der Waals surface area (Å²) in [6.45, 7) is 0. The lowest BCUT2D eigenvalue weighted by Gasteiger charge is -2.11. The molecule has 0 bridgehead atoms. The fourth-order valence-electron chi connectivity index (χ4n) is 3.07. The highest BCUT2D eigenvalue weighted by atomic mass is 32.1. The van der Waals surface area contributed by atoms with Gasteiger partial charge in [0.15, 0.2) is 5.65 Å². The van der Waals surface area contributed by atoms with Crippen LogP contribution >= 0.6 is 11.3 Å². The average Bonchev–Trinajstić information content (AvgIpc) is 3.15. The largest absolute Gasteiger partial charge is 0.365 e. The minimum atomic E-state index is -0.498. The number of anilines is 1. The van der Waals surface area contributed by atoms with Crippen LogP contribution in [0.3, 0.4) is 0 Å². The molecule has 0 unspecified atom stereocenters. The molecular weight excluding hydrogens is 326 g/mol. The highest BCUT2D eigenvalue weighted by molar-refractivity contribution is 7.17. The number of fused-ring (bicyclic) bond motifs is 2. The van der Waals surface area contributed by atoms with Gasteiger partial charge in [0, 0.05) is 17.3 Å². The van der Waals surface area contributed by atoms with Crippen LogP contribution in [0.15, 0.2) is 24.7 Å². The van der Waals surface area contributed by atoms with Crippen LogP contribution in [0, 0.1) is 0 Å². The maximum absolute atomic E-state index is 12.6. The smallest absolute Gasteiger partial charge is 0.261 e. The summed E-state index contributed by atoms with van der Waals surface area (Å²) >= 11 is 1.44. The molecule has 3 N–H and O–H groups in total. The summed E-state index contributed by atoms with van der Waals surface area (Å²) in [4.78, 5) is 29.8. The van der Waals surface area contributed by atoms with Crippen molar-refractivity contribution in [2.45, 2.75) is 25.7 Å². The van der Waals surface area contributed by atoms with Gasteiger partial charge in [-0.25, -0.2) is 9.50 Å². The molecule has 3 aromatic heterocycles. The molecule has 0 spiro atoms. The maximum Gasteiger partial charge on any atom is 0.261 e. The third kappa shape index (κ3) is 2.35. The Morgan fingerprint density at radius 2 is 2.12 bits per heavy atom. The van der Waals surface area contributed by atoms with Gasteiger partial charge in [0.2, 0.25) is 0 Å². The number of nitrogens with one attached hydrogen (secondary N) is 1. The van der Waals surface area contributed by atoms with Crippen molar-refractivity contribution >= 4 is 33.8 Å². The van der Waals surface area contributed by atoms with Crippen molar-refractivity contribution in [1.29, 1.82) is 0 Å². The fraction of sp³-hybridized carbons (Fsp3) is 0.250. The number of nitrogens with two attached hydrogens (primary N) is 1. The Hall–Kier alpha value is -2.74. The number of hydrogen-bond acceptors (Lipinski definition) is 5. The van der Waals surface area contributed by atoms with E-state index in [-0.39, 0.29) is 5.91 Å². The summed E-state index contributed by atoms with van der Waals surface area (Å²) in [5, 5.41) is 7.46. The molecule has 0 saturated carbocycles. The van der Waals surface area contributed by atoms with Gasteiger partial charge in [-0.05, 0) is 37.3 Å². The van der Waals surface area contributed by atoms with E-state index < -0.39 is 5.91 Å². The van der Waals surface area contributed by atoms with E-state index in [1.54, 1.807) is 18.5 Å². The Kier molecular flexibility index (Phi) is 3.53. The zero-order valence-electron chi connectivity index (χ0n) is 12.8. The molecule has 0 fully saturated rings. The fourth-order valence-corrected chi connectivity index (χ4v) is 4.36. The molecule has 24 heavy (non-hydrogen) atoms. The predicted molar refractivity (Wildman–Crippen MR) is 90.4 cm³/mol. The third-order valence-corrected chi connectivity index (χ3v) is 5.38. The molecule has 7 nitrogen and oxygen atoms in total. The first-order chi connectivity index (χ1) is 11.6. The molecule has 0 saturated heterocycles. The number of primary amides is 1. The highest BCUT2D eigenvalue weighted by Gasteiger charge is 2.26. The first kappa shape index (κ1) is 14.8. The second-order valence-electron chi connectivity index (χ2n) is 5.68. The van der Waals surface area contributed by atoms with Gasteiger partial charge in [-0.2, -0.15) is 5.10 Å². The summed E-state index contributed by atoms with van der Waals surface area (Å²) in [6.07, 6.45) is 8.68. The Morgan fingerprint density at radius 1 is 1.29 bits per heavy atom.